The van der Waals surface area contributed by atoms with E-state index in [0.717, 1.165) is 49.7 Å². The summed E-state index contributed by atoms with van der Waals surface area (Å²) in [4.78, 5) is 30.9. The van der Waals surface area contributed by atoms with Gasteiger partial charge in [0.15, 0.2) is 0 Å². The fourth-order valence-corrected chi connectivity index (χ4v) is 5.38. The molecule has 1 unspecified atom stereocenters. The zero-order valence-electron chi connectivity index (χ0n) is 16.5. The van der Waals surface area contributed by atoms with Crippen LogP contribution in [0.4, 0.5) is 0 Å². The molecule has 2 amide bonds. The first-order valence-corrected chi connectivity index (χ1v) is 10.8. The highest BCUT2D eigenvalue weighted by Gasteiger charge is 2.45. The molecule has 2 aliphatic carbocycles. The molecule has 1 saturated heterocycles. The van der Waals surface area contributed by atoms with Gasteiger partial charge < -0.3 is 9.80 Å². The maximum atomic E-state index is 13.7. The van der Waals surface area contributed by atoms with Crippen molar-refractivity contribution in [2.75, 3.05) is 6.54 Å². The van der Waals surface area contributed by atoms with Crippen LogP contribution in [0.3, 0.4) is 0 Å². The minimum Gasteiger partial charge on any atom is -0.328 e. The van der Waals surface area contributed by atoms with Crippen molar-refractivity contribution in [3.63, 3.8) is 0 Å². The first kappa shape index (κ1) is 18.5. The molecule has 27 heavy (non-hydrogen) atoms. The highest BCUT2D eigenvalue weighted by Crippen LogP contribution is 2.37. The molecular formula is C23H32N2O2. The third-order valence-electron chi connectivity index (χ3n) is 6.86. The smallest absolute Gasteiger partial charge is 0.250 e. The molecule has 1 aliphatic heterocycles. The average Bonchev–Trinajstić information content (AvgIpc) is 2.71. The minimum absolute atomic E-state index is 0.153. The van der Waals surface area contributed by atoms with E-state index >= 15 is 0 Å². The van der Waals surface area contributed by atoms with Crippen molar-refractivity contribution in [1.82, 2.24) is 9.80 Å². The van der Waals surface area contributed by atoms with Crippen molar-refractivity contribution in [2.24, 2.45) is 0 Å². The highest BCUT2D eigenvalue weighted by molar-refractivity contribution is 5.96. The van der Waals surface area contributed by atoms with Crippen molar-refractivity contribution in [1.29, 1.82) is 0 Å². The third-order valence-corrected chi connectivity index (χ3v) is 6.86. The number of rotatable bonds is 3. The zero-order chi connectivity index (χ0) is 18.8. The first-order valence-electron chi connectivity index (χ1n) is 10.8. The summed E-state index contributed by atoms with van der Waals surface area (Å²) in [5.41, 5.74) is 2.12. The summed E-state index contributed by atoms with van der Waals surface area (Å²) in [6.45, 7) is 2.34. The Bertz CT molecular complexity index is 689. The Morgan fingerprint density at radius 3 is 2.04 bits per heavy atom. The fraction of sp³-hybridized carbons (Fsp3) is 0.652. The monoisotopic (exact) mass is 368 g/mol. The van der Waals surface area contributed by atoms with Crippen molar-refractivity contribution in [3.8, 4) is 0 Å². The van der Waals surface area contributed by atoms with Crippen LogP contribution < -0.4 is 0 Å². The van der Waals surface area contributed by atoms with Gasteiger partial charge in [-0.2, -0.15) is 0 Å². The van der Waals surface area contributed by atoms with E-state index in [4.69, 9.17) is 0 Å². The van der Waals surface area contributed by atoms with Gasteiger partial charge in [-0.15, -0.1) is 0 Å². The predicted octanol–water partition coefficient (Wildman–Crippen LogP) is 4.37. The normalized spacial score (nSPS) is 25.9. The van der Waals surface area contributed by atoms with Gasteiger partial charge in [0.25, 0.3) is 5.91 Å². The van der Waals surface area contributed by atoms with E-state index in [1.165, 1.54) is 25.7 Å². The molecule has 0 N–H and O–H groups in total. The number of carbonyl (C=O) groups is 2. The molecule has 1 heterocycles. The van der Waals surface area contributed by atoms with E-state index in [1.807, 2.05) is 28.0 Å². The van der Waals surface area contributed by atoms with Gasteiger partial charge in [-0.25, -0.2) is 0 Å². The minimum atomic E-state index is -0.433. The van der Waals surface area contributed by atoms with Crippen LogP contribution in [0.5, 0.6) is 0 Å². The van der Waals surface area contributed by atoms with E-state index in [9.17, 15) is 9.59 Å². The Hall–Kier alpha value is -1.84. The summed E-state index contributed by atoms with van der Waals surface area (Å²) >= 11 is 0. The summed E-state index contributed by atoms with van der Waals surface area (Å²) in [5.74, 6) is 0.307. The maximum Gasteiger partial charge on any atom is 0.250 e. The molecular weight excluding hydrogens is 336 g/mol. The Kier molecular flexibility index (Phi) is 5.51. The van der Waals surface area contributed by atoms with E-state index < -0.39 is 6.04 Å². The molecule has 4 nitrogen and oxygen atoms in total. The SMILES string of the molecule is Cc1ccccc1C1C(=O)N(C2CCCCC2)CC(=O)N1C1CCCCC1. The van der Waals surface area contributed by atoms with Crippen molar-refractivity contribution in [2.45, 2.75) is 89.3 Å². The molecule has 3 aliphatic rings. The largest absolute Gasteiger partial charge is 0.328 e. The Balaban J connectivity index is 1.69. The highest BCUT2D eigenvalue weighted by atomic mass is 16.2. The van der Waals surface area contributed by atoms with Gasteiger partial charge >= 0.3 is 0 Å². The standard InChI is InChI=1S/C23H32N2O2/c1-17-10-8-9-15-20(17)22-23(27)24(18-11-4-2-5-12-18)16-21(26)25(22)19-13-6-3-7-14-19/h8-10,15,18-19,22H,2-7,11-14,16H2,1H3. The predicted molar refractivity (Wildman–Crippen MR) is 106 cm³/mol. The number of piperazine rings is 1. The second-order valence-corrected chi connectivity index (χ2v) is 8.61. The second-order valence-electron chi connectivity index (χ2n) is 8.61. The van der Waals surface area contributed by atoms with Crippen LogP contribution >= 0.6 is 0 Å². The first-order chi connectivity index (χ1) is 13.2. The van der Waals surface area contributed by atoms with Crippen molar-refractivity contribution >= 4 is 11.8 Å². The zero-order valence-corrected chi connectivity index (χ0v) is 16.5. The van der Waals surface area contributed by atoms with E-state index in [-0.39, 0.29) is 30.4 Å². The van der Waals surface area contributed by atoms with Crippen molar-refractivity contribution < 1.29 is 9.59 Å². The van der Waals surface area contributed by atoms with Crippen LogP contribution in [-0.2, 0) is 9.59 Å². The van der Waals surface area contributed by atoms with Crippen LogP contribution in [0.15, 0.2) is 24.3 Å². The molecule has 1 aromatic carbocycles. The van der Waals surface area contributed by atoms with Gasteiger partial charge in [0.1, 0.15) is 12.6 Å². The maximum absolute atomic E-state index is 13.7. The number of benzene rings is 1. The second kappa shape index (κ2) is 8.04. The number of carbonyl (C=O) groups excluding carboxylic acids is 2. The molecule has 0 spiro atoms. The molecule has 3 fully saturated rings. The molecule has 2 saturated carbocycles. The fourth-order valence-electron chi connectivity index (χ4n) is 5.38. The molecule has 4 heteroatoms. The number of nitrogens with zero attached hydrogens (tertiary/aromatic N) is 2. The number of aryl methyl sites for hydroxylation is 1. The Morgan fingerprint density at radius 2 is 1.41 bits per heavy atom. The number of amides is 2. The lowest BCUT2D eigenvalue weighted by Gasteiger charge is -2.48. The quantitative estimate of drug-likeness (QED) is 0.795. The molecule has 4 rings (SSSR count). The van der Waals surface area contributed by atoms with E-state index in [1.54, 1.807) is 0 Å². The van der Waals surface area contributed by atoms with Crippen molar-refractivity contribution in [3.05, 3.63) is 35.4 Å². The molecule has 0 bridgehead atoms. The molecule has 1 aromatic rings. The average molecular weight is 369 g/mol. The molecule has 0 aromatic heterocycles. The summed E-state index contributed by atoms with van der Waals surface area (Å²) in [7, 11) is 0. The van der Waals surface area contributed by atoms with Crippen LogP contribution in [-0.4, -0.2) is 40.2 Å². The summed E-state index contributed by atoms with van der Waals surface area (Å²) in [5, 5.41) is 0. The molecule has 146 valence electrons. The topological polar surface area (TPSA) is 40.6 Å². The number of hydrogen-bond acceptors (Lipinski definition) is 2. The Morgan fingerprint density at radius 1 is 0.815 bits per heavy atom. The Labute approximate surface area is 162 Å². The van der Waals surface area contributed by atoms with Gasteiger partial charge in [0.05, 0.1) is 0 Å². The van der Waals surface area contributed by atoms with Crippen LogP contribution in [0.1, 0.15) is 81.4 Å². The molecule has 0 radical (unpaired) electrons. The van der Waals surface area contributed by atoms with Crippen LogP contribution in [0.25, 0.3) is 0 Å². The third kappa shape index (κ3) is 3.63. The van der Waals surface area contributed by atoms with Gasteiger partial charge in [-0.05, 0) is 43.7 Å². The number of hydrogen-bond donors (Lipinski definition) is 0. The summed E-state index contributed by atoms with van der Waals surface area (Å²) in [6.07, 6.45) is 11.3. The van der Waals surface area contributed by atoms with Gasteiger partial charge in [0.2, 0.25) is 5.91 Å². The van der Waals surface area contributed by atoms with E-state index in [2.05, 4.69) is 13.0 Å². The summed E-state index contributed by atoms with van der Waals surface area (Å²) < 4.78 is 0. The summed E-state index contributed by atoms with van der Waals surface area (Å²) in [6, 6.07) is 8.15. The van der Waals surface area contributed by atoms with E-state index in [0.29, 0.717) is 0 Å². The van der Waals surface area contributed by atoms with Crippen LogP contribution in [0.2, 0.25) is 0 Å². The lowest BCUT2D eigenvalue weighted by molar-refractivity contribution is -0.162. The lowest BCUT2D eigenvalue weighted by atomic mass is 9.87. The van der Waals surface area contributed by atoms with Crippen LogP contribution in [0, 0.1) is 6.92 Å². The van der Waals surface area contributed by atoms with Gasteiger partial charge in [-0.1, -0.05) is 62.8 Å². The lowest BCUT2D eigenvalue weighted by Crippen LogP contribution is -2.61. The van der Waals surface area contributed by atoms with Gasteiger partial charge in [0, 0.05) is 12.1 Å². The van der Waals surface area contributed by atoms with Gasteiger partial charge in [-0.3, -0.25) is 9.59 Å². The molecule has 1 atom stereocenters.